The van der Waals surface area contributed by atoms with Crippen molar-refractivity contribution in [3.63, 3.8) is 0 Å². The fraction of sp³-hybridized carbons (Fsp3) is 0.361. The lowest BCUT2D eigenvalue weighted by Gasteiger charge is -2.26. The van der Waals surface area contributed by atoms with Crippen LogP contribution in [-0.2, 0) is 36.8 Å². The maximum Gasteiger partial charge on any atom is 0.243 e. The minimum absolute atomic E-state index is 0.0620. The number of aliphatic imine (C=N–C) groups is 2. The van der Waals surface area contributed by atoms with Crippen LogP contribution in [0.5, 0.6) is 0 Å². The number of nitrogens with zero attached hydrogens (tertiary/aromatic N) is 2. The lowest BCUT2D eigenvalue weighted by molar-refractivity contribution is -0.134. The summed E-state index contributed by atoms with van der Waals surface area (Å²) in [6, 6.07) is 16.1. The average molecular weight is 793 g/mol. The first-order valence-electron chi connectivity index (χ1n) is 17.2. The zero-order valence-corrected chi connectivity index (χ0v) is 30.7. The third-order valence-electron chi connectivity index (χ3n) is 8.47. The van der Waals surface area contributed by atoms with Gasteiger partial charge in [-0.25, -0.2) is 0 Å². The number of carbonyl (C=O) groups excluding carboxylic acids is 5. The molecular formula is C36H46BrN11O5. The molecule has 17 heteroatoms. The predicted octanol–water partition coefficient (Wildman–Crippen LogP) is -0.436. The molecule has 0 bridgehead atoms. The highest BCUT2D eigenvalue weighted by Gasteiger charge is 2.32. The van der Waals surface area contributed by atoms with Crippen molar-refractivity contribution in [1.29, 1.82) is 0 Å². The molecule has 53 heavy (non-hydrogen) atoms. The van der Waals surface area contributed by atoms with Crippen LogP contribution >= 0.6 is 15.9 Å². The van der Waals surface area contributed by atoms with Crippen molar-refractivity contribution >= 4 is 68.2 Å². The Kier molecular flexibility index (Phi) is 15.0. The fourth-order valence-corrected chi connectivity index (χ4v) is 6.04. The summed E-state index contributed by atoms with van der Waals surface area (Å²) in [5.41, 5.74) is 23.4. The second-order valence-corrected chi connectivity index (χ2v) is 13.6. The molecule has 4 rings (SSSR count). The highest BCUT2D eigenvalue weighted by Crippen LogP contribution is 2.18. The summed E-state index contributed by atoms with van der Waals surface area (Å²) >= 11 is 3.40. The molecule has 4 atom stereocenters. The molecule has 13 N–H and O–H groups in total. The maximum absolute atomic E-state index is 14.0. The van der Waals surface area contributed by atoms with E-state index < -0.39 is 60.2 Å². The summed E-state index contributed by atoms with van der Waals surface area (Å²) in [5.74, 6) is -3.48. The molecule has 282 valence electrons. The van der Waals surface area contributed by atoms with Crippen molar-refractivity contribution in [3.8, 4) is 0 Å². The van der Waals surface area contributed by atoms with Crippen LogP contribution in [0.3, 0.4) is 0 Å². The Bertz CT molecular complexity index is 1830. The second kappa shape index (κ2) is 19.8. The molecule has 3 aromatic rings. The van der Waals surface area contributed by atoms with Gasteiger partial charge in [0.05, 0.1) is 6.54 Å². The Morgan fingerprint density at radius 1 is 0.604 bits per heavy atom. The first kappa shape index (κ1) is 40.1. The molecule has 1 aliphatic heterocycles. The molecule has 0 spiro atoms. The summed E-state index contributed by atoms with van der Waals surface area (Å²) in [5, 5.41) is 15.5. The lowest BCUT2D eigenvalue weighted by Crippen LogP contribution is -2.58. The Labute approximate surface area is 315 Å². The molecule has 0 unspecified atom stereocenters. The summed E-state index contributed by atoms with van der Waals surface area (Å²) in [6.07, 6.45) is 0.983. The SMILES string of the molecule is NC(N)=NCCC[C@@H]1NC(=O)CNC(=O)[C@H](Cc2ccc3ccccc3c2)NC(=O)[C@H](CCCN=C(N)N)NC(=O)[C@@H](Cc2ccc(Br)cc2)NC1=O. The minimum Gasteiger partial charge on any atom is -0.370 e. The number of rotatable bonds is 12. The highest BCUT2D eigenvalue weighted by molar-refractivity contribution is 9.10. The van der Waals surface area contributed by atoms with E-state index in [2.05, 4.69) is 52.5 Å². The number of fused-ring (bicyclic) bond motifs is 1. The normalized spacial score (nSPS) is 20.1. The Balaban J connectivity index is 1.68. The van der Waals surface area contributed by atoms with E-state index in [1.807, 2.05) is 42.5 Å². The molecule has 3 aromatic carbocycles. The molecule has 5 amide bonds. The van der Waals surface area contributed by atoms with Gasteiger partial charge in [0.2, 0.25) is 29.5 Å². The van der Waals surface area contributed by atoms with E-state index in [1.54, 1.807) is 24.3 Å². The maximum atomic E-state index is 14.0. The monoisotopic (exact) mass is 791 g/mol. The molecule has 1 saturated heterocycles. The van der Waals surface area contributed by atoms with Crippen molar-refractivity contribution in [1.82, 2.24) is 26.6 Å². The van der Waals surface area contributed by atoms with Gasteiger partial charge >= 0.3 is 0 Å². The van der Waals surface area contributed by atoms with Crippen LogP contribution < -0.4 is 49.5 Å². The number of hydrogen-bond acceptors (Lipinski definition) is 7. The Morgan fingerprint density at radius 2 is 1.09 bits per heavy atom. The summed E-state index contributed by atoms with van der Waals surface area (Å²) in [4.78, 5) is 76.5. The smallest absolute Gasteiger partial charge is 0.243 e. The van der Waals surface area contributed by atoms with E-state index >= 15 is 0 Å². The van der Waals surface area contributed by atoms with E-state index in [0.717, 1.165) is 26.4 Å². The van der Waals surface area contributed by atoms with Crippen LogP contribution in [0.15, 0.2) is 81.2 Å². The topological polar surface area (TPSA) is 274 Å². The lowest BCUT2D eigenvalue weighted by atomic mass is 10.00. The number of nitrogens with one attached hydrogen (secondary N) is 5. The molecule has 0 radical (unpaired) electrons. The van der Waals surface area contributed by atoms with Gasteiger partial charge in [-0.1, -0.05) is 70.5 Å². The molecule has 0 aliphatic carbocycles. The largest absolute Gasteiger partial charge is 0.370 e. The molecular weight excluding hydrogens is 746 g/mol. The number of halogens is 1. The number of benzene rings is 3. The van der Waals surface area contributed by atoms with Crippen LogP contribution in [0.25, 0.3) is 10.8 Å². The van der Waals surface area contributed by atoms with Crippen molar-refractivity contribution < 1.29 is 24.0 Å². The zero-order valence-electron chi connectivity index (χ0n) is 29.1. The van der Waals surface area contributed by atoms with Gasteiger partial charge < -0.3 is 49.5 Å². The van der Waals surface area contributed by atoms with E-state index in [9.17, 15) is 24.0 Å². The van der Waals surface area contributed by atoms with Gasteiger partial charge in [0, 0.05) is 30.4 Å². The molecule has 1 aliphatic rings. The highest BCUT2D eigenvalue weighted by atomic mass is 79.9. The quantitative estimate of drug-likeness (QED) is 0.0653. The fourth-order valence-electron chi connectivity index (χ4n) is 5.77. The van der Waals surface area contributed by atoms with E-state index in [0.29, 0.717) is 12.8 Å². The number of hydrogen-bond donors (Lipinski definition) is 9. The standard InChI is InChI=1S/C36H46BrN11O5/c37-25-13-10-21(11-14-25)18-29-34(53)46-27(8-4-16-43-36(40)41)33(52)47-28(19-22-9-12-23-5-1-2-6-24(23)17-22)31(50)44-20-30(49)45-26(32(51)48-29)7-3-15-42-35(38)39/h1-2,5-6,9-14,17,26-29H,3-4,7-8,15-16,18-20H2,(H,44,50)(H,45,49)(H,46,53)(H,47,52)(H,48,51)(H4,38,39,42)(H4,40,41,43)/t26-,27-,28-,29+/m0/s1. The number of nitrogens with two attached hydrogens (primary N) is 4. The Hall–Kier alpha value is -5.71. The summed E-state index contributed by atoms with van der Waals surface area (Å²) in [7, 11) is 0. The predicted molar refractivity (Wildman–Crippen MR) is 206 cm³/mol. The number of carbonyl (C=O) groups is 5. The molecule has 1 heterocycles. The number of guanidine groups is 2. The van der Waals surface area contributed by atoms with Gasteiger partial charge in [-0.05, 0) is 59.7 Å². The van der Waals surface area contributed by atoms with Gasteiger partial charge in [0.1, 0.15) is 24.2 Å². The van der Waals surface area contributed by atoms with Crippen LogP contribution in [0.4, 0.5) is 0 Å². The van der Waals surface area contributed by atoms with Gasteiger partial charge in [-0.15, -0.1) is 0 Å². The first-order chi connectivity index (χ1) is 25.4. The van der Waals surface area contributed by atoms with Crippen LogP contribution in [-0.4, -0.2) is 85.3 Å². The van der Waals surface area contributed by atoms with Crippen LogP contribution in [0.1, 0.15) is 36.8 Å². The summed E-state index contributed by atoms with van der Waals surface area (Å²) < 4.78 is 0.819. The average Bonchev–Trinajstić information content (AvgIpc) is 3.12. The van der Waals surface area contributed by atoms with E-state index in [1.165, 1.54) is 0 Å². The van der Waals surface area contributed by atoms with Gasteiger partial charge in [0.25, 0.3) is 0 Å². The summed E-state index contributed by atoms with van der Waals surface area (Å²) in [6.45, 7) is -0.118. The van der Waals surface area contributed by atoms with Crippen LogP contribution in [0.2, 0.25) is 0 Å². The molecule has 1 fully saturated rings. The van der Waals surface area contributed by atoms with Gasteiger partial charge in [-0.2, -0.15) is 0 Å². The third kappa shape index (κ3) is 13.1. The van der Waals surface area contributed by atoms with Gasteiger partial charge in [0.15, 0.2) is 11.9 Å². The first-order valence-corrected chi connectivity index (χ1v) is 18.0. The molecule has 16 nitrogen and oxygen atoms in total. The van der Waals surface area contributed by atoms with Crippen molar-refractivity contribution in [3.05, 3.63) is 82.3 Å². The Morgan fingerprint density at radius 3 is 1.70 bits per heavy atom. The van der Waals surface area contributed by atoms with Crippen molar-refractivity contribution in [2.24, 2.45) is 32.9 Å². The van der Waals surface area contributed by atoms with Crippen LogP contribution in [0, 0.1) is 0 Å². The number of amides is 5. The molecule has 0 saturated carbocycles. The van der Waals surface area contributed by atoms with E-state index in [4.69, 9.17) is 22.9 Å². The van der Waals surface area contributed by atoms with Crippen molar-refractivity contribution in [2.75, 3.05) is 19.6 Å². The zero-order chi connectivity index (χ0) is 38.3. The minimum atomic E-state index is -1.16. The van der Waals surface area contributed by atoms with E-state index in [-0.39, 0.29) is 50.7 Å². The molecule has 0 aromatic heterocycles. The third-order valence-corrected chi connectivity index (χ3v) is 9.00. The van der Waals surface area contributed by atoms with Crippen molar-refractivity contribution in [2.45, 2.75) is 62.7 Å². The van der Waals surface area contributed by atoms with Gasteiger partial charge in [-0.3, -0.25) is 34.0 Å². The second-order valence-electron chi connectivity index (χ2n) is 12.6.